The summed E-state index contributed by atoms with van der Waals surface area (Å²) in [5, 5.41) is 17.7. The van der Waals surface area contributed by atoms with Crippen LogP contribution in [0, 0.1) is 11.3 Å². The number of hydrogen-bond donors (Lipinski definition) is 1. The molecular weight excluding hydrogens is 351 g/mol. The molecule has 0 bridgehead atoms. The molecule has 1 atom stereocenters. The molecule has 0 radical (unpaired) electrons. The molecule has 2 aromatic carbocycles. The van der Waals surface area contributed by atoms with E-state index in [0.29, 0.717) is 11.3 Å². The average molecular weight is 361 g/mol. The number of fused-ring (bicyclic) bond motifs is 1. The van der Waals surface area contributed by atoms with Gasteiger partial charge in [-0.2, -0.15) is 18.4 Å². The maximum Gasteiger partial charge on any atom is 0.430 e. The molecule has 26 heavy (non-hydrogen) atoms. The predicted octanol–water partition coefficient (Wildman–Crippen LogP) is 4.14. The van der Waals surface area contributed by atoms with E-state index in [2.05, 4.69) is 0 Å². The van der Waals surface area contributed by atoms with Crippen molar-refractivity contribution >= 4 is 12.0 Å². The smallest absolute Gasteiger partial charge is 0.430 e. The lowest BCUT2D eigenvalue weighted by atomic mass is 10.0. The molecule has 0 saturated heterocycles. The van der Waals surface area contributed by atoms with E-state index in [4.69, 9.17) is 19.8 Å². The molecule has 0 saturated carbocycles. The number of rotatable bonds is 3. The summed E-state index contributed by atoms with van der Waals surface area (Å²) in [4.78, 5) is 11.1. The van der Waals surface area contributed by atoms with Crippen LogP contribution in [-0.2, 0) is 4.79 Å². The monoisotopic (exact) mass is 361 g/mol. The van der Waals surface area contributed by atoms with Crippen LogP contribution in [0.5, 0.6) is 17.2 Å². The summed E-state index contributed by atoms with van der Waals surface area (Å²) in [5.74, 6) is -1.24. The van der Waals surface area contributed by atoms with Gasteiger partial charge < -0.3 is 14.6 Å². The zero-order chi connectivity index (χ0) is 18.9. The first-order valence-electron chi connectivity index (χ1n) is 7.28. The van der Waals surface area contributed by atoms with E-state index < -0.39 is 23.8 Å². The first-order valence-corrected chi connectivity index (χ1v) is 7.28. The van der Waals surface area contributed by atoms with Gasteiger partial charge in [0.25, 0.3) is 0 Å². The Morgan fingerprint density at radius 1 is 1.15 bits per heavy atom. The highest BCUT2D eigenvalue weighted by Crippen LogP contribution is 2.39. The van der Waals surface area contributed by atoms with E-state index in [-0.39, 0.29) is 17.1 Å². The highest BCUT2D eigenvalue weighted by Gasteiger charge is 2.48. The third-order valence-corrected chi connectivity index (χ3v) is 3.59. The lowest BCUT2D eigenvalue weighted by molar-refractivity contribution is -0.187. The lowest BCUT2D eigenvalue weighted by Crippen LogP contribution is -2.40. The van der Waals surface area contributed by atoms with Crippen LogP contribution in [0.15, 0.2) is 48.0 Å². The summed E-state index contributed by atoms with van der Waals surface area (Å²) in [5.41, 5.74) is -0.244. The average Bonchev–Trinajstić information content (AvgIpc) is 2.60. The molecule has 1 aliphatic rings. The van der Waals surface area contributed by atoms with E-state index in [9.17, 15) is 18.0 Å². The SMILES string of the molecule is N#Cc1ccc(Oc2ccc3c(c2)OC(C(F)(F)F)C(C(=O)O)=C3)cc1. The standard InChI is InChI=1S/C18H10F3NO4/c19-18(20,21)16-14(17(23)24)7-11-3-6-13(8-15(11)26-16)25-12-4-1-10(9-22)2-5-12/h1-8,16H,(H,23,24). The molecule has 3 rings (SSSR count). The Morgan fingerprint density at radius 3 is 2.38 bits per heavy atom. The van der Waals surface area contributed by atoms with E-state index in [1.165, 1.54) is 30.3 Å². The molecule has 8 heteroatoms. The van der Waals surface area contributed by atoms with Crippen LogP contribution in [0.3, 0.4) is 0 Å². The number of carboxylic acids is 1. The number of aliphatic carboxylic acids is 1. The van der Waals surface area contributed by atoms with Crippen molar-refractivity contribution in [3.8, 4) is 23.3 Å². The quantitative estimate of drug-likeness (QED) is 0.889. The minimum Gasteiger partial charge on any atom is -0.478 e. The van der Waals surface area contributed by atoms with E-state index in [0.717, 1.165) is 6.08 Å². The Labute approximate surface area is 145 Å². The number of hydrogen-bond acceptors (Lipinski definition) is 4. The van der Waals surface area contributed by atoms with E-state index in [1.54, 1.807) is 12.1 Å². The van der Waals surface area contributed by atoms with Crippen molar-refractivity contribution < 1.29 is 32.5 Å². The summed E-state index contributed by atoms with van der Waals surface area (Å²) >= 11 is 0. The third-order valence-electron chi connectivity index (χ3n) is 3.59. The van der Waals surface area contributed by atoms with Crippen LogP contribution in [0.1, 0.15) is 11.1 Å². The Bertz CT molecular complexity index is 927. The predicted molar refractivity (Wildman–Crippen MR) is 83.8 cm³/mol. The summed E-state index contributed by atoms with van der Waals surface area (Å²) in [6, 6.07) is 12.2. The highest BCUT2D eigenvalue weighted by atomic mass is 19.4. The second kappa shape index (κ2) is 6.44. The molecule has 1 unspecified atom stereocenters. The minimum absolute atomic E-state index is 0.136. The first kappa shape index (κ1) is 17.4. The molecule has 1 heterocycles. The topological polar surface area (TPSA) is 79.5 Å². The number of benzene rings is 2. The second-order valence-electron chi connectivity index (χ2n) is 5.38. The minimum atomic E-state index is -4.87. The van der Waals surface area contributed by atoms with Crippen LogP contribution >= 0.6 is 0 Å². The molecule has 132 valence electrons. The van der Waals surface area contributed by atoms with E-state index >= 15 is 0 Å². The molecule has 0 spiro atoms. The van der Waals surface area contributed by atoms with Gasteiger partial charge in [-0.3, -0.25) is 0 Å². The third kappa shape index (κ3) is 3.47. The maximum atomic E-state index is 13.1. The van der Waals surface area contributed by atoms with Crippen LogP contribution in [0.25, 0.3) is 6.08 Å². The van der Waals surface area contributed by atoms with Gasteiger partial charge in [-0.1, -0.05) is 0 Å². The van der Waals surface area contributed by atoms with Gasteiger partial charge in [-0.05, 0) is 42.5 Å². The van der Waals surface area contributed by atoms with Gasteiger partial charge in [0.1, 0.15) is 17.2 Å². The van der Waals surface area contributed by atoms with Crippen molar-refractivity contribution in [1.82, 2.24) is 0 Å². The van der Waals surface area contributed by atoms with Gasteiger partial charge >= 0.3 is 12.1 Å². The van der Waals surface area contributed by atoms with Crippen molar-refractivity contribution in [1.29, 1.82) is 5.26 Å². The molecule has 0 amide bonds. The number of carbonyl (C=O) groups is 1. The molecule has 0 fully saturated rings. The van der Waals surface area contributed by atoms with Gasteiger partial charge in [-0.15, -0.1) is 0 Å². The Morgan fingerprint density at radius 2 is 1.81 bits per heavy atom. The first-order chi connectivity index (χ1) is 12.3. The van der Waals surface area contributed by atoms with Crippen molar-refractivity contribution in [2.75, 3.05) is 0 Å². The number of halogens is 3. The number of ether oxygens (including phenoxy) is 2. The number of nitrogens with zero attached hydrogens (tertiary/aromatic N) is 1. The molecule has 1 aliphatic heterocycles. The van der Waals surface area contributed by atoms with Crippen LogP contribution in [-0.4, -0.2) is 23.4 Å². The fourth-order valence-corrected chi connectivity index (χ4v) is 2.38. The van der Waals surface area contributed by atoms with Gasteiger partial charge in [-0.25, -0.2) is 4.79 Å². The zero-order valence-electron chi connectivity index (χ0n) is 12.9. The molecule has 1 N–H and O–H groups in total. The van der Waals surface area contributed by atoms with Crippen molar-refractivity contribution in [2.24, 2.45) is 0 Å². The molecular formula is C18H10F3NO4. The lowest BCUT2D eigenvalue weighted by Gasteiger charge is -2.27. The van der Waals surface area contributed by atoms with Crippen LogP contribution in [0.2, 0.25) is 0 Å². The Balaban J connectivity index is 1.91. The highest BCUT2D eigenvalue weighted by molar-refractivity contribution is 5.95. The van der Waals surface area contributed by atoms with Gasteiger partial charge in [0, 0.05) is 11.6 Å². The fraction of sp³-hybridized carbons (Fsp3) is 0.111. The molecule has 0 aliphatic carbocycles. The van der Waals surface area contributed by atoms with Gasteiger partial charge in [0.05, 0.1) is 17.2 Å². The Kier molecular flexibility index (Phi) is 4.30. The Hall–Kier alpha value is -3.47. The van der Waals surface area contributed by atoms with Crippen LogP contribution in [0.4, 0.5) is 13.2 Å². The van der Waals surface area contributed by atoms with Crippen LogP contribution < -0.4 is 9.47 Å². The summed E-state index contributed by atoms with van der Waals surface area (Å²) in [7, 11) is 0. The van der Waals surface area contributed by atoms with Crippen molar-refractivity contribution in [3.63, 3.8) is 0 Å². The summed E-state index contributed by atoms with van der Waals surface area (Å²) in [6.45, 7) is 0. The number of alkyl halides is 3. The summed E-state index contributed by atoms with van der Waals surface area (Å²) < 4.78 is 49.7. The molecule has 5 nitrogen and oxygen atoms in total. The zero-order valence-corrected chi connectivity index (χ0v) is 12.9. The summed E-state index contributed by atoms with van der Waals surface area (Å²) in [6.07, 6.45) is -6.49. The molecule has 2 aromatic rings. The number of nitriles is 1. The maximum absolute atomic E-state index is 13.1. The normalized spacial score (nSPS) is 15.9. The van der Waals surface area contributed by atoms with Gasteiger partial charge in [0.2, 0.25) is 6.10 Å². The largest absolute Gasteiger partial charge is 0.478 e. The van der Waals surface area contributed by atoms with E-state index in [1.807, 2.05) is 6.07 Å². The molecule has 0 aromatic heterocycles. The fourth-order valence-electron chi connectivity index (χ4n) is 2.38. The number of carboxylic acid groups (broad SMARTS) is 1. The van der Waals surface area contributed by atoms with Crippen molar-refractivity contribution in [2.45, 2.75) is 12.3 Å². The van der Waals surface area contributed by atoms with Crippen molar-refractivity contribution in [3.05, 3.63) is 59.2 Å². The second-order valence-corrected chi connectivity index (χ2v) is 5.38. The van der Waals surface area contributed by atoms with Gasteiger partial charge in [0.15, 0.2) is 0 Å².